The first kappa shape index (κ1) is 19.1. The minimum absolute atomic E-state index is 0.00180. The normalized spacial score (nSPS) is 14.9. The van der Waals surface area contributed by atoms with Crippen LogP contribution in [0.5, 0.6) is 5.75 Å². The van der Waals surface area contributed by atoms with Gasteiger partial charge < -0.3 is 14.5 Å². The van der Waals surface area contributed by atoms with Crippen molar-refractivity contribution in [3.05, 3.63) is 53.5 Å². The van der Waals surface area contributed by atoms with E-state index in [0.29, 0.717) is 31.0 Å². The van der Waals surface area contributed by atoms with Crippen molar-refractivity contribution in [1.82, 2.24) is 14.8 Å². The van der Waals surface area contributed by atoms with Crippen molar-refractivity contribution in [2.45, 2.75) is 6.54 Å². The van der Waals surface area contributed by atoms with Crippen molar-refractivity contribution < 1.29 is 13.9 Å². The average molecular weight is 372 g/mol. The fraction of sp³-hybridized carbons (Fsp3) is 0.400. The van der Waals surface area contributed by atoms with Crippen molar-refractivity contribution in [2.24, 2.45) is 0 Å². The number of methoxy groups -OCH3 is 1. The molecule has 6 nitrogen and oxygen atoms in total. The van der Waals surface area contributed by atoms with Gasteiger partial charge in [0.05, 0.1) is 12.7 Å². The predicted molar refractivity (Wildman–Crippen MR) is 103 cm³/mol. The van der Waals surface area contributed by atoms with Crippen molar-refractivity contribution in [3.8, 4) is 5.75 Å². The molecule has 1 aliphatic heterocycles. The highest BCUT2D eigenvalue weighted by Gasteiger charge is 2.24. The number of aromatic nitrogens is 1. The average Bonchev–Trinajstić information content (AvgIpc) is 2.68. The topological polar surface area (TPSA) is 48.9 Å². The number of pyridine rings is 1. The maximum absolute atomic E-state index is 13.9. The minimum Gasteiger partial charge on any atom is -0.494 e. The fourth-order valence-electron chi connectivity index (χ4n) is 3.27. The van der Waals surface area contributed by atoms with Gasteiger partial charge in [0, 0.05) is 53.0 Å². The van der Waals surface area contributed by atoms with E-state index in [1.54, 1.807) is 18.3 Å². The van der Waals surface area contributed by atoms with Gasteiger partial charge >= 0.3 is 0 Å². The summed E-state index contributed by atoms with van der Waals surface area (Å²) in [6, 6.07) is 8.63. The quantitative estimate of drug-likeness (QED) is 0.806. The molecule has 2 aromatic rings. The number of nitrogens with zero attached hydrogens (tertiary/aromatic N) is 4. The highest BCUT2D eigenvalue weighted by Crippen LogP contribution is 2.20. The van der Waals surface area contributed by atoms with E-state index in [1.807, 2.05) is 36.0 Å². The van der Waals surface area contributed by atoms with Gasteiger partial charge in [-0.05, 0) is 29.8 Å². The third kappa shape index (κ3) is 4.36. The molecule has 0 atom stereocenters. The number of carbonyl (C=O) groups is 1. The molecule has 1 saturated heterocycles. The molecule has 3 rings (SSSR count). The maximum Gasteiger partial charge on any atom is 0.257 e. The molecular formula is C20H25FN4O2. The largest absolute Gasteiger partial charge is 0.494 e. The second kappa shape index (κ2) is 8.35. The van der Waals surface area contributed by atoms with Crippen LogP contribution in [0, 0.1) is 5.82 Å². The number of rotatable bonds is 5. The van der Waals surface area contributed by atoms with E-state index in [-0.39, 0.29) is 17.5 Å². The molecule has 0 saturated carbocycles. The second-order valence-corrected chi connectivity index (χ2v) is 6.81. The molecular weight excluding hydrogens is 347 g/mol. The summed E-state index contributed by atoms with van der Waals surface area (Å²) < 4.78 is 18.8. The van der Waals surface area contributed by atoms with Crippen LogP contribution in [-0.4, -0.2) is 68.1 Å². The summed E-state index contributed by atoms with van der Waals surface area (Å²) in [5.41, 5.74) is 1.52. The van der Waals surface area contributed by atoms with E-state index in [2.05, 4.69) is 9.88 Å². The van der Waals surface area contributed by atoms with Gasteiger partial charge in [-0.2, -0.15) is 0 Å². The molecule has 1 aromatic heterocycles. The molecule has 0 unspecified atom stereocenters. The zero-order valence-corrected chi connectivity index (χ0v) is 16.0. The van der Waals surface area contributed by atoms with E-state index in [0.717, 1.165) is 18.7 Å². The van der Waals surface area contributed by atoms with Gasteiger partial charge in [0.1, 0.15) is 5.82 Å². The van der Waals surface area contributed by atoms with Gasteiger partial charge in [0.15, 0.2) is 11.6 Å². The summed E-state index contributed by atoms with van der Waals surface area (Å²) in [6.45, 7) is 3.42. The summed E-state index contributed by atoms with van der Waals surface area (Å²) in [4.78, 5) is 23.1. The van der Waals surface area contributed by atoms with Crippen LogP contribution < -0.4 is 9.64 Å². The summed E-state index contributed by atoms with van der Waals surface area (Å²) in [6.07, 6.45) is 1.69. The molecule has 2 heterocycles. The van der Waals surface area contributed by atoms with Crippen molar-refractivity contribution in [2.75, 3.05) is 52.3 Å². The highest BCUT2D eigenvalue weighted by atomic mass is 19.1. The Morgan fingerprint density at radius 1 is 1.22 bits per heavy atom. The summed E-state index contributed by atoms with van der Waals surface area (Å²) in [5.74, 6) is 0.583. The molecule has 0 spiro atoms. The lowest BCUT2D eigenvalue weighted by molar-refractivity contribution is 0.0628. The Balaban J connectivity index is 1.60. The number of ether oxygens (including phenoxy) is 1. The van der Waals surface area contributed by atoms with Crippen LogP contribution in [-0.2, 0) is 6.54 Å². The van der Waals surface area contributed by atoms with E-state index < -0.39 is 0 Å². The third-order valence-corrected chi connectivity index (χ3v) is 4.72. The number of carbonyl (C=O) groups excluding carboxylic acids is 1. The zero-order valence-electron chi connectivity index (χ0n) is 16.0. The van der Waals surface area contributed by atoms with Gasteiger partial charge in [-0.25, -0.2) is 9.37 Å². The first-order chi connectivity index (χ1) is 13.0. The van der Waals surface area contributed by atoms with Gasteiger partial charge in [-0.15, -0.1) is 0 Å². The zero-order chi connectivity index (χ0) is 19.4. The molecule has 1 amide bonds. The molecule has 0 bridgehead atoms. The number of benzene rings is 1. The van der Waals surface area contributed by atoms with Crippen LogP contribution >= 0.6 is 0 Å². The van der Waals surface area contributed by atoms with Crippen molar-refractivity contribution in [3.63, 3.8) is 0 Å². The SMILES string of the molecule is COc1ccc(CN2CCN(C(=O)c3cccnc3N(C)C)CC2)cc1F. The minimum atomic E-state index is -0.350. The lowest BCUT2D eigenvalue weighted by Crippen LogP contribution is -2.48. The molecule has 1 aromatic carbocycles. The molecule has 1 aliphatic rings. The number of amides is 1. The van der Waals surface area contributed by atoms with Crippen LogP contribution in [0.1, 0.15) is 15.9 Å². The molecule has 0 aliphatic carbocycles. The Hall–Kier alpha value is -2.67. The summed E-state index contributed by atoms with van der Waals surface area (Å²) in [5, 5.41) is 0. The van der Waals surface area contributed by atoms with Crippen LogP contribution in [0.4, 0.5) is 10.2 Å². The molecule has 1 fully saturated rings. The molecule has 144 valence electrons. The van der Waals surface area contributed by atoms with Crippen LogP contribution in [0.2, 0.25) is 0 Å². The first-order valence-corrected chi connectivity index (χ1v) is 8.96. The van der Waals surface area contributed by atoms with E-state index >= 15 is 0 Å². The van der Waals surface area contributed by atoms with Crippen LogP contribution in [0.3, 0.4) is 0 Å². The standard InChI is InChI=1S/C20H25FN4O2/c1-23(2)19-16(5-4-8-22-19)20(26)25-11-9-24(10-12-25)14-15-6-7-18(27-3)17(21)13-15/h4-8,13H,9-12,14H2,1-3H3. The van der Waals surface area contributed by atoms with Crippen molar-refractivity contribution in [1.29, 1.82) is 0 Å². The fourth-order valence-corrected chi connectivity index (χ4v) is 3.27. The number of halogens is 1. The smallest absolute Gasteiger partial charge is 0.257 e. The molecule has 0 radical (unpaired) electrons. The Morgan fingerprint density at radius 2 is 1.96 bits per heavy atom. The number of hydrogen-bond acceptors (Lipinski definition) is 5. The lowest BCUT2D eigenvalue weighted by atomic mass is 10.1. The number of piperazine rings is 1. The Labute approximate surface area is 159 Å². The highest BCUT2D eigenvalue weighted by molar-refractivity contribution is 5.98. The lowest BCUT2D eigenvalue weighted by Gasteiger charge is -2.35. The molecule has 0 N–H and O–H groups in total. The summed E-state index contributed by atoms with van der Waals surface area (Å²) >= 11 is 0. The predicted octanol–water partition coefficient (Wildman–Crippen LogP) is 2.25. The third-order valence-electron chi connectivity index (χ3n) is 4.72. The van der Waals surface area contributed by atoms with E-state index in [9.17, 15) is 9.18 Å². The van der Waals surface area contributed by atoms with Gasteiger partial charge in [0.2, 0.25) is 0 Å². The monoisotopic (exact) mass is 372 g/mol. The number of hydrogen-bond donors (Lipinski definition) is 0. The first-order valence-electron chi connectivity index (χ1n) is 8.96. The Morgan fingerprint density at radius 3 is 2.59 bits per heavy atom. The van der Waals surface area contributed by atoms with Crippen molar-refractivity contribution >= 4 is 11.7 Å². The van der Waals surface area contributed by atoms with E-state index in [4.69, 9.17) is 4.74 Å². The molecule has 27 heavy (non-hydrogen) atoms. The summed E-state index contributed by atoms with van der Waals surface area (Å²) in [7, 11) is 5.22. The Kier molecular flexibility index (Phi) is 5.91. The van der Waals surface area contributed by atoms with Gasteiger partial charge in [-0.1, -0.05) is 6.07 Å². The van der Waals surface area contributed by atoms with Crippen LogP contribution in [0.25, 0.3) is 0 Å². The maximum atomic E-state index is 13.9. The van der Waals surface area contributed by atoms with Gasteiger partial charge in [0.25, 0.3) is 5.91 Å². The number of anilines is 1. The van der Waals surface area contributed by atoms with E-state index in [1.165, 1.54) is 13.2 Å². The van der Waals surface area contributed by atoms with Crippen LogP contribution in [0.15, 0.2) is 36.5 Å². The molecule has 7 heteroatoms. The second-order valence-electron chi connectivity index (χ2n) is 6.81. The Bertz CT molecular complexity index is 804. The van der Waals surface area contributed by atoms with Gasteiger partial charge in [-0.3, -0.25) is 9.69 Å².